The number of nitrogens with zero attached hydrogens (tertiary/aromatic N) is 1. The lowest BCUT2D eigenvalue weighted by Gasteiger charge is -2.41. The van der Waals surface area contributed by atoms with Gasteiger partial charge in [-0.2, -0.15) is 0 Å². The molecular formula is C23H24FNO6S2. The number of hydrogen-bond acceptors (Lipinski definition) is 6. The Morgan fingerprint density at radius 3 is 2.42 bits per heavy atom. The Morgan fingerprint density at radius 1 is 1.21 bits per heavy atom. The van der Waals surface area contributed by atoms with Crippen molar-refractivity contribution >= 4 is 31.5 Å². The van der Waals surface area contributed by atoms with Crippen LogP contribution in [-0.4, -0.2) is 47.5 Å². The summed E-state index contributed by atoms with van der Waals surface area (Å²) < 4.78 is 71.7. The molecule has 2 aliphatic heterocycles. The van der Waals surface area contributed by atoms with Crippen molar-refractivity contribution in [1.29, 1.82) is 0 Å². The van der Waals surface area contributed by atoms with Gasteiger partial charge in [-0.25, -0.2) is 26.0 Å². The van der Waals surface area contributed by atoms with Gasteiger partial charge in [0.25, 0.3) is 10.0 Å². The zero-order valence-corrected chi connectivity index (χ0v) is 19.7. The summed E-state index contributed by atoms with van der Waals surface area (Å²) in [6.45, 7) is 3.79. The van der Waals surface area contributed by atoms with Crippen molar-refractivity contribution in [2.45, 2.75) is 35.6 Å². The summed E-state index contributed by atoms with van der Waals surface area (Å²) in [4.78, 5) is 12.1. The van der Waals surface area contributed by atoms with E-state index in [1.165, 1.54) is 29.6 Å². The van der Waals surface area contributed by atoms with E-state index in [0.29, 0.717) is 11.3 Å². The summed E-state index contributed by atoms with van der Waals surface area (Å²) in [5, 5.41) is 0. The van der Waals surface area contributed by atoms with Crippen LogP contribution in [0.1, 0.15) is 35.2 Å². The van der Waals surface area contributed by atoms with Gasteiger partial charge in [-0.3, -0.25) is 4.31 Å². The Labute approximate surface area is 192 Å². The van der Waals surface area contributed by atoms with Gasteiger partial charge in [0.2, 0.25) is 0 Å². The van der Waals surface area contributed by atoms with E-state index in [2.05, 4.69) is 6.58 Å². The Kier molecular flexibility index (Phi) is 5.86. The summed E-state index contributed by atoms with van der Waals surface area (Å²) in [6.07, 6.45) is 2.29. The molecule has 0 aromatic heterocycles. The molecule has 0 bridgehead atoms. The first-order valence-electron chi connectivity index (χ1n) is 10.4. The molecule has 4 rings (SSSR count). The Hall–Kier alpha value is -2.72. The number of carbonyl (C=O) groups excluding carboxylic acids is 1. The van der Waals surface area contributed by atoms with Gasteiger partial charge < -0.3 is 4.74 Å². The molecule has 2 aliphatic rings. The van der Waals surface area contributed by atoms with Gasteiger partial charge in [-0.1, -0.05) is 6.08 Å². The molecule has 33 heavy (non-hydrogen) atoms. The SMILES string of the molecule is C=CCC1N(S(=O)(=O)c2ccc(F)cc2)c2ccc(C(=O)OC)cc2C12CCS(=O)(=O)CC2. The van der Waals surface area contributed by atoms with Gasteiger partial charge in [0, 0.05) is 5.41 Å². The average molecular weight is 494 g/mol. The van der Waals surface area contributed by atoms with E-state index in [1.54, 1.807) is 18.2 Å². The first-order valence-corrected chi connectivity index (χ1v) is 13.7. The highest BCUT2D eigenvalue weighted by molar-refractivity contribution is 7.93. The molecule has 1 spiro atoms. The molecule has 2 aromatic rings. The van der Waals surface area contributed by atoms with E-state index in [0.717, 1.165) is 12.1 Å². The van der Waals surface area contributed by atoms with Crippen molar-refractivity contribution in [2.24, 2.45) is 0 Å². The molecular weight excluding hydrogens is 469 g/mol. The van der Waals surface area contributed by atoms with Crippen LogP contribution in [0.15, 0.2) is 60.0 Å². The Balaban J connectivity index is 1.95. The van der Waals surface area contributed by atoms with E-state index in [4.69, 9.17) is 4.74 Å². The zero-order valence-electron chi connectivity index (χ0n) is 18.0. The minimum Gasteiger partial charge on any atom is -0.465 e. The number of sulfonamides is 1. The predicted octanol–water partition coefficient (Wildman–Crippen LogP) is 3.21. The lowest BCUT2D eigenvalue weighted by Crippen LogP contribution is -2.50. The molecule has 1 fully saturated rings. The Bertz CT molecular complexity index is 1310. The van der Waals surface area contributed by atoms with Crippen LogP contribution in [0, 0.1) is 5.82 Å². The van der Waals surface area contributed by atoms with Crippen LogP contribution < -0.4 is 4.31 Å². The number of rotatable bonds is 5. The van der Waals surface area contributed by atoms with Gasteiger partial charge in [-0.15, -0.1) is 6.58 Å². The number of fused-ring (bicyclic) bond motifs is 2. The first kappa shape index (κ1) is 23.4. The van der Waals surface area contributed by atoms with Crippen LogP contribution in [0.3, 0.4) is 0 Å². The average Bonchev–Trinajstić information content (AvgIpc) is 3.05. The highest BCUT2D eigenvalue weighted by atomic mass is 32.2. The van der Waals surface area contributed by atoms with Crippen LogP contribution in [-0.2, 0) is 30.0 Å². The van der Waals surface area contributed by atoms with Crippen molar-refractivity contribution in [3.63, 3.8) is 0 Å². The normalized spacial score (nSPS) is 20.9. The van der Waals surface area contributed by atoms with Crippen LogP contribution in [0.2, 0.25) is 0 Å². The number of methoxy groups -OCH3 is 1. The van der Waals surface area contributed by atoms with Crippen molar-refractivity contribution in [3.05, 3.63) is 72.1 Å². The summed E-state index contributed by atoms with van der Waals surface area (Å²) in [7, 11) is -6.13. The smallest absolute Gasteiger partial charge is 0.337 e. The molecule has 0 radical (unpaired) electrons. The third kappa shape index (κ3) is 3.85. The van der Waals surface area contributed by atoms with Crippen LogP contribution in [0.4, 0.5) is 10.1 Å². The van der Waals surface area contributed by atoms with Gasteiger partial charge >= 0.3 is 5.97 Å². The number of benzene rings is 2. The number of sulfone groups is 1. The fourth-order valence-electron chi connectivity index (χ4n) is 4.94. The third-order valence-electron chi connectivity index (χ3n) is 6.59. The van der Waals surface area contributed by atoms with E-state index in [1.807, 2.05) is 0 Å². The maximum Gasteiger partial charge on any atom is 0.337 e. The second kappa shape index (κ2) is 8.25. The van der Waals surface area contributed by atoms with E-state index in [9.17, 15) is 26.0 Å². The number of ether oxygens (including phenoxy) is 1. The van der Waals surface area contributed by atoms with Crippen LogP contribution >= 0.6 is 0 Å². The second-order valence-corrected chi connectivity index (χ2v) is 12.4. The van der Waals surface area contributed by atoms with E-state index in [-0.39, 0.29) is 41.2 Å². The summed E-state index contributed by atoms with van der Waals surface area (Å²) >= 11 is 0. The lowest BCUT2D eigenvalue weighted by molar-refractivity contribution is 0.0600. The number of carbonyl (C=O) groups is 1. The van der Waals surface area contributed by atoms with Gasteiger partial charge in [0.1, 0.15) is 15.7 Å². The highest BCUT2D eigenvalue weighted by Gasteiger charge is 2.56. The van der Waals surface area contributed by atoms with Gasteiger partial charge in [0.05, 0.1) is 40.8 Å². The first-order chi connectivity index (χ1) is 15.6. The van der Waals surface area contributed by atoms with Crippen molar-refractivity contribution in [2.75, 3.05) is 22.9 Å². The molecule has 1 atom stereocenters. The van der Waals surface area contributed by atoms with Gasteiger partial charge in [-0.05, 0) is 67.3 Å². The summed E-state index contributed by atoms with van der Waals surface area (Å²) in [5.74, 6) is -1.31. The molecule has 1 unspecified atom stereocenters. The summed E-state index contributed by atoms with van der Waals surface area (Å²) in [6, 6.07) is 8.56. The molecule has 0 N–H and O–H groups in total. The molecule has 1 saturated heterocycles. The summed E-state index contributed by atoms with van der Waals surface area (Å²) in [5.41, 5.74) is 0.393. The van der Waals surface area contributed by atoms with E-state index < -0.39 is 43.1 Å². The maximum absolute atomic E-state index is 13.8. The van der Waals surface area contributed by atoms with Crippen molar-refractivity contribution in [1.82, 2.24) is 0 Å². The van der Waals surface area contributed by atoms with Gasteiger partial charge in [0.15, 0.2) is 0 Å². The van der Waals surface area contributed by atoms with E-state index >= 15 is 0 Å². The molecule has 10 heteroatoms. The fourth-order valence-corrected chi connectivity index (χ4v) is 8.25. The number of hydrogen-bond donors (Lipinski definition) is 0. The molecule has 7 nitrogen and oxygen atoms in total. The van der Waals surface area contributed by atoms with Crippen molar-refractivity contribution < 1.29 is 30.8 Å². The number of anilines is 1. The minimum absolute atomic E-state index is 0.0820. The number of halogens is 1. The largest absolute Gasteiger partial charge is 0.465 e. The van der Waals surface area contributed by atoms with Crippen molar-refractivity contribution in [3.8, 4) is 0 Å². The molecule has 2 heterocycles. The Morgan fingerprint density at radius 2 is 1.85 bits per heavy atom. The lowest BCUT2D eigenvalue weighted by atomic mass is 9.71. The highest BCUT2D eigenvalue weighted by Crippen LogP contribution is 2.54. The third-order valence-corrected chi connectivity index (χ3v) is 10.1. The minimum atomic E-state index is -4.13. The molecule has 0 aliphatic carbocycles. The number of esters is 1. The standard InChI is InChI=1S/C23H24FNO6S2/c1-3-4-21-23(11-13-32(27,28)14-12-23)19-15-16(22(26)31-2)5-10-20(19)25(21)33(29,30)18-8-6-17(24)7-9-18/h3,5-10,15,21H,1,4,11-14H2,2H3. The zero-order chi connectivity index (χ0) is 24.0. The molecule has 176 valence electrons. The topological polar surface area (TPSA) is 97.8 Å². The maximum atomic E-state index is 13.8. The predicted molar refractivity (Wildman–Crippen MR) is 122 cm³/mol. The fraction of sp³-hybridized carbons (Fsp3) is 0.348. The molecule has 2 aromatic carbocycles. The molecule has 0 saturated carbocycles. The second-order valence-electron chi connectivity index (χ2n) is 8.33. The van der Waals surface area contributed by atoms with Crippen LogP contribution in [0.5, 0.6) is 0 Å². The molecule has 0 amide bonds. The van der Waals surface area contributed by atoms with Crippen LogP contribution in [0.25, 0.3) is 0 Å². The quantitative estimate of drug-likeness (QED) is 0.469. The monoisotopic (exact) mass is 493 g/mol.